The highest BCUT2D eigenvalue weighted by Crippen LogP contribution is 2.23. The summed E-state index contributed by atoms with van der Waals surface area (Å²) in [6, 6.07) is 1.28. The van der Waals surface area contributed by atoms with Gasteiger partial charge in [0, 0.05) is 25.7 Å². The molecule has 0 unspecified atom stereocenters. The molecule has 1 aromatic heterocycles. The largest absolute Gasteiger partial charge is 0.477 e. The maximum absolute atomic E-state index is 11.1. The number of carboxylic acids is 1. The number of aromatic carboxylic acids is 1. The molecular formula is C12H16N4O4. The van der Waals surface area contributed by atoms with E-state index in [9.17, 15) is 14.9 Å². The van der Waals surface area contributed by atoms with E-state index in [1.165, 1.54) is 6.07 Å². The number of pyridine rings is 1. The summed E-state index contributed by atoms with van der Waals surface area (Å²) in [7, 11) is 2.02. The smallest absolute Gasteiger partial charge is 0.342 e. The Balaban J connectivity index is 2.31. The summed E-state index contributed by atoms with van der Waals surface area (Å²) in [5, 5.41) is 19.9. The summed E-state index contributed by atoms with van der Waals surface area (Å²) in [5.41, 5.74) is -0.800. The van der Waals surface area contributed by atoms with Gasteiger partial charge in [-0.2, -0.15) is 0 Å². The maximum Gasteiger partial charge on any atom is 0.342 e. The van der Waals surface area contributed by atoms with E-state index in [2.05, 4.69) is 9.88 Å². The standard InChI is InChI=1S/C12H16N4O4/c1-14-3-2-4-15(6-5-14)11-7-9(12(17)18)10(8-13-11)16(19)20/h7-8H,2-6H2,1H3,(H,17,18). The zero-order chi connectivity index (χ0) is 14.7. The third kappa shape index (κ3) is 3.02. The van der Waals surface area contributed by atoms with Crippen molar-refractivity contribution in [2.75, 3.05) is 38.1 Å². The van der Waals surface area contributed by atoms with Gasteiger partial charge in [0.15, 0.2) is 0 Å². The molecule has 1 aliphatic rings. The maximum atomic E-state index is 11.1. The lowest BCUT2D eigenvalue weighted by molar-refractivity contribution is -0.385. The lowest BCUT2D eigenvalue weighted by Crippen LogP contribution is -2.29. The molecule has 2 heterocycles. The van der Waals surface area contributed by atoms with Crippen LogP contribution >= 0.6 is 0 Å². The number of anilines is 1. The van der Waals surface area contributed by atoms with Crippen LogP contribution in [0.3, 0.4) is 0 Å². The Morgan fingerprint density at radius 3 is 2.80 bits per heavy atom. The van der Waals surface area contributed by atoms with Crippen LogP contribution in [0.15, 0.2) is 12.3 Å². The first kappa shape index (κ1) is 14.2. The second kappa shape index (κ2) is 5.83. The molecule has 8 heteroatoms. The molecule has 1 aromatic rings. The van der Waals surface area contributed by atoms with Crippen molar-refractivity contribution >= 4 is 17.5 Å². The summed E-state index contributed by atoms with van der Waals surface area (Å²) >= 11 is 0. The molecule has 108 valence electrons. The van der Waals surface area contributed by atoms with Crippen molar-refractivity contribution in [3.05, 3.63) is 27.9 Å². The molecule has 0 bridgehead atoms. The van der Waals surface area contributed by atoms with E-state index in [1.807, 2.05) is 11.9 Å². The van der Waals surface area contributed by atoms with E-state index in [4.69, 9.17) is 5.11 Å². The average molecular weight is 280 g/mol. The molecule has 0 amide bonds. The minimum atomic E-state index is -1.31. The topological polar surface area (TPSA) is 99.8 Å². The molecular weight excluding hydrogens is 264 g/mol. The number of aromatic nitrogens is 1. The van der Waals surface area contributed by atoms with Gasteiger partial charge in [0.25, 0.3) is 0 Å². The van der Waals surface area contributed by atoms with Gasteiger partial charge in [-0.1, -0.05) is 0 Å². The van der Waals surface area contributed by atoms with Crippen LogP contribution in [0.2, 0.25) is 0 Å². The number of nitro groups is 1. The highest BCUT2D eigenvalue weighted by atomic mass is 16.6. The summed E-state index contributed by atoms with van der Waals surface area (Å²) < 4.78 is 0. The van der Waals surface area contributed by atoms with Crippen LogP contribution < -0.4 is 4.90 Å². The van der Waals surface area contributed by atoms with Crippen molar-refractivity contribution in [3.8, 4) is 0 Å². The molecule has 1 fully saturated rings. The monoisotopic (exact) mass is 280 g/mol. The van der Waals surface area contributed by atoms with Gasteiger partial charge in [0.05, 0.1) is 4.92 Å². The predicted octanol–water partition coefficient (Wildman–Crippen LogP) is 0.830. The molecule has 0 saturated carbocycles. The number of hydrogen-bond donors (Lipinski definition) is 1. The summed E-state index contributed by atoms with van der Waals surface area (Å²) in [6.07, 6.45) is 1.96. The molecule has 2 rings (SSSR count). The number of nitrogens with zero attached hydrogens (tertiary/aromatic N) is 4. The zero-order valence-electron chi connectivity index (χ0n) is 11.2. The second-order valence-corrected chi connectivity index (χ2v) is 4.77. The molecule has 0 aromatic carbocycles. The van der Waals surface area contributed by atoms with Crippen LogP contribution in [0.1, 0.15) is 16.8 Å². The number of carboxylic acid groups (broad SMARTS) is 1. The molecule has 1 aliphatic heterocycles. The lowest BCUT2D eigenvalue weighted by Gasteiger charge is -2.21. The summed E-state index contributed by atoms with van der Waals surface area (Å²) in [6.45, 7) is 3.30. The molecule has 0 atom stereocenters. The first-order valence-electron chi connectivity index (χ1n) is 6.30. The van der Waals surface area contributed by atoms with Gasteiger partial charge in [-0.15, -0.1) is 0 Å². The van der Waals surface area contributed by atoms with Gasteiger partial charge in [-0.05, 0) is 20.0 Å². The Morgan fingerprint density at radius 1 is 1.40 bits per heavy atom. The van der Waals surface area contributed by atoms with Crippen LogP contribution in [-0.4, -0.2) is 59.1 Å². The molecule has 0 spiro atoms. The first-order valence-corrected chi connectivity index (χ1v) is 6.30. The van der Waals surface area contributed by atoms with Crippen molar-refractivity contribution in [2.45, 2.75) is 6.42 Å². The van der Waals surface area contributed by atoms with Gasteiger partial charge in [0.1, 0.15) is 17.6 Å². The molecule has 8 nitrogen and oxygen atoms in total. The molecule has 0 aliphatic carbocycles. The third-order valence-corrected chi connectivity index (χ3v) is 3.34. The predicted molar refractivity (Wildman–Crippen MR) is 72.2 cm³/mol. The van der Waals surface area contributed by atoms with E-state index >= 15 is 0 Å². The van der Waals surface area contributed by atoms with Crippen LogP contribution in [0, 0.1) is 10.1 Å². The zero-order valence-corrected chi connectivity index (χ0v) is 11.2. The van der Waals surface area contributed by atoms with Crippen molar-refractivity contribution in [2.24, 2.45) is 0 Å². The van der Waals surface area contributed by atoms with E-state index in [0.717, 1.165) is 38.8 Å². The minimum absolute atomic E-state index is 0.322. The van der Waals surface area contributed by atoms with Crippen molar-refractivity contribution in [3.63, 3.8) is 0 Å². The van der Waals surface area contributed by atoms with Crippen molar-refractivity contribution in [1.29, 1.82) is 0 Å². The van der Waals surface area contributed by atoms with Gasteiger partial charge in [-0.25, -0.2) is 9.78 Å². The Morgan fingerprint density at radius 2 is 2.15 bits per heavy atom. The van der Waals surface area contributed by atoms with Gasteiger partial charge >= 0.3 is 11.7 Å². The Hall–Kier alpha value is -2.22. The second-order valence-electron chi connectivity index (χ2n) is 4.77. The van der Waals surface area contributed by atoms with E-state index in [-0.39, 0.29) is 5.56 Å². The van der Waals surface area contributed by atoms with Crippen LogP contribution in [-0.2, 0) is 0 Å². The first-order chi connectivity index (χ1) is 9.49. The fourth-order valence-electron chi connectivity index (χ4n) is 2.20. The molecule has 0 radical (unpaired) electrons. The number of hydrogen-bond acceptors (Lipinski definition) is 6. The van der Waals surface area contributed by atoms with Crippen molar-refractivity contribution < 1.29 is 14.8 Å². The molecule has 20 heavy (non-hydrogen) atoms. The molecule has 1 saturated heterocycles. The normalized spacial score (nSPS) is 16.8. The Labute approximate surface area is 115 Å². The highest BCUT2D eigenvalue weighted by molar-refractivity contribution is 5.93. The fourth-order valence-corrected chi connectivity index (χ4v) is 2.20. The SMILES string of the molecule is CN1CCCN(c2cc(C(=O)O)c([N+](=O)[O-])cn2)CC1. The van der Waals surface area contributed by atoms with E-state index < -0.39 is 16.6 Å². The summed E-state index contributed by atoms with van der Waals surface area (Å²) in [5.74, 6) is -0.837. The van der Waals surface area contributed by atoms with Crippen LogP contribution in [0.25, 0.3) is 0 Å². The number of rotatable bonds is 3. The van der Waals surface area contributed by atoms with E-state index in [0.29, 0.717) is 5.82 Å². The average Bonchev–Trinajstić information content (AvgIpc) is 2.62. The lowest BCUT2D eigenvalue weighted by atomic mass is 10.2. The quantitative estimate of drug-likeness (QED) is 0.646. The van der Waals surface area contributed by atoms with Crippen molar-refractivity contribution in [1.82, 2.24) is 9.88 Å². The molecule has 1 N–H and O–H groups in total. The Kier molecular flexibility index (Phi) is 4.14. The highest BCUT2D eigenvalue weighted by Gasteiger charge is 2.23. The van der Waals surface area contributed by atoms with Gasteiger partial charge in [-0.3, -0.25) is 10.1 Å². The van der Waals surface area contributed by atoms with E-state index in [1.54, 1.807) is 0 Å². The van der Waals surface area contributed by atoms with Gasteiger partial charge < -0.3 is 14.9 Å². The summed E-state index contributed by atoms with van der Waals surface area (Å²) in [4.78, 5) is 29.4. The van der Waals surface area contributed by atoms with Crippen LogP contribution in [0.5, 0.6) is 0 Å². The fraction of sp³-hybridized carbons (Fsp3) is 0.500. The minimum Gasteiger partial charge on any atom is -0.477 e. The number of carbonyl (C=O) groups is 1. The Bertz CT molecular complexity index is 534. The third-order valence-electron chi connectivity index (χ3n) is 3.34. The number of likely N-dealkylation sites (N-methyl/N-ethyl adjacent to an activating group) is 1. The van der Waals surface area contributed by atoms with Crippen LogP contribution in [0.4, 0.5) is 11.5 Å². The van der Waals surface area contributed by atoms with Gasteiger partial charge in [0.2, 0.25) is 0 Å².